The molecule has 0 bridgehead atoms. The molecule has 21 heavy (non-hydrogen) atoms. The van der Waals surface area contributed by atoms with E-state index in [1.54, 1.807) is 0 Å². The minimum atomic E-state index is 0.643. The van der Waals surface area contributed by atoms with Crippen LogP contribution in [0.25, 0.3) is 0 Å². The second kappa shape index (κ2) is 6.93. The van der Waals surface area contributed by atoms with Crippen molar-refractivity contribution >= 4 is 0 Å². The fraction of sp³-hybridized carbons (Fsp3) is 0.824. The Hall–Kier alpha value is -0.870. The van der Waals surface area contributed by atoms with E-state index < -0.39 is 0 Å². The average molecular weight is 290 g/mol. The van der Waals surface area contributed by atoms with Crippen molar-refractivity contribution in [3.63, 3.8) is 0 Å². The SMILES string of the molecule is CCC1CN(Cc2ccn(C3CCCC3)n2)C(CC)CN1. The van der Waals surface area contributed by atoms with Crippen LogP contribution in [0, 0.1) is 0 Å². The molecular formula is C17H30N4. The first kappa shape index (κ1) is 15.0. The van der Waals surface area contributed by atoms with Crippen molar-refractivity contribution in [1.29, 1.82) is 0 Å². The van der Waals surface area contributed by atoms with Crippen LogP contribution in [0.3, 0.4) is 0 Å². The fourth-order valence-corrected chi connectivity index (χ4v) is 3.84. The van der Waals surface area contributed by atoms with E-state index >= 15 is 0 Å². The van der Waals surface area contributed by atoms with Crippen molar-refractivity contribution in [2.75, 3.05) is 13.1 Å². The van der Waals surface area contributed by atoms with Gasteiger partial charge in [-0.15, -0.1) is 0 Å². The summed E-state index contributed by atoms with van der Waals surface area (Å²) in [4.78, 5) is 2.63. The molecule has 2 unspecified atom stereocenters. The average Bonchev–Trinajstić information content (AvgIpc) is 3.18. The Labute approximate surface area is 128 Å². The summed E-state index contributed by atoms with van der Waals surface area (Å²) < 4.78 is 2.22. The highest BCUT2D eigenvalue weighted by Gasteiger charge is 2.26. The molecule has 118 valence electrons. The third-order valence-electron chi connectivity index (χ3n) is 5.30. The Morgan fingerprint density at radius 3 is 2.76 bits per heavy atom. The van der Waals surface area contributed by atoms with Gasteiger partial charge in [0.1, 0.15) is 0 Å². The maximum absolute atomic E-state index is 4.86. The van der Waals surface area contributed by atoms with E-state index in [0.29, 0.717) is 18.1 Å². The smallest absolute Gasteiger partial charge is 0.0765 e. The van der Waals surface area contributed by atoms with Gasteiger partial charge in [0.25, 0.3) is 0 Å². The molecule has 2 heterocycles. The fourth-order valence-electron chi connectivity index (χ4n) is 3.84. The number of piperazine rings is 1. The van der Waals surface area contributed by atoms with Gasteiger partial charge in [-0.05, 0) is 31.7 Å². The Morgan fingerprint density at radius 1 is 1.24 bits per heavy atom. The van der Waals surface area contributed by atoms with Gasteiger partial charge in [-0.25, -0.2) is 0 Å². The lowest BCUT2D eigenvalue weighted by Crippen LogP contribution is -2.55. The van der Waals surface area contributed by atoms with Gasteiger partial charge < -0.3 is 5.32 Å². The minimum Gasteiger partial charge on any atom is -0.311 e. The topological polar surface area (TPSA) is 33.1 Å². The summed E-state index contributed by atoms with van der Waals surface area (Å²) in [6.07, 6.45) is 9.98. The van der Waals surface area contributed by atoms with Crippen LogP contribution < -0.4 is 5.32 Å². The van der Waals surface area contributed by atoms with Crippen LogP contribution in [0.15, 0.2) is 12.3 Å². The van der Waals surface area contributed by atoms with Crippen molar-refractivity contribution in [2.45, 2.75) is 77.0 Å². The Morgan fingerprint density at radius 2 is 2.05 bits per heavy atom. The summed E-state index contributed by atoms with van der Waals surface area (Å²) in [5, 5.41) is 8.53. The Balaban J connectivity index is 1.63. The van der Waals surface area contributed by atoms with E-state index in [0.717, 1.165) is 19.6 Å². The third-order valence-corrected chi connectivity index (χ3v) is 5.30. The lowest BCUT2D eigenvalue weighted by atomic mass is 10.1. The molecule has 0 spiro atoms. The molecular weight excluding hydrogens is 260 g/mol. The monoisotopic (exact) mass is 290 g/mol. The number of aromatic nitrogens is 2. The minimum absolute atomic E-state index is 0.643. The molecule has 1 aliphatic heterocycles. The number of nitrogens with zero attached hydrogens (tertiary/aromatic N) is 3. The van der Waals surface area contributed by atoms with Crippen LogP contribution in [0.2, 0.25) is 0 Å². The van der Waals surface area contributed by atoms with Crippen LogP contribution in [-0.2, 0) is 6.54 Å². The molecule has 0 aromatic carbocycles. The molecule has 1 aromatic heterocycles. The first-order chi connectivity index (χ1) is 10.3. The summed E-state index contributed by atoms with van der Waals surface area (Å²) in [6, 6.07) is 4.19. The van der Waals surface area contributed by atoms with E-state index in [2.05, 4.69) is 41.0 Å². The predicted octanol–water partition coefficient (Wildman–Crippen LogP) is 2.96. The zero-order chi connectivity index (χ0) is 14.7. The van der Waals surface area contributed by atoms with Gasteiger partial charge in [-0.3, -0.25) is 9.58 Å². The Bertz CT molecular complexity index is 436. The van der Waals surface area contributed by atoms with Crippen molar-refractivity contribution in [1.82, 2.24) is 20.0 Å². The normalized spacial score (nSPS) is 28.3. The molecule has 1 aromatic rings. The maximum Gasteiger partial charge on any atom is 0.0765 e. The third kappa shape index (κ3) is 3.49. The summed E-state index contributed by atoms with van der Waals surface area (Å²) >= 11 is 0. The highest BCUT2D eigenvalue weighted by Crippen LogP contribution is 2.28. The van der Waals surface area contributed by atoms with Crippen LogP contribution in [-0.4, -0.2) is 39.9 Å². The van der Waals surface area contributed by atoms with E-state index in [1.807, 2.05) is 0 Å². The zero-order valence-corrected chi connectivity index (χ0v) is 13.6. The highest BCUT2D eigenvalue weighted by atomic mass is 15.3. The quantitative estimate of drug-likeness (QED) is 0.905. The summed E-state index contributed by atoms with van der Waals surface area (Å²) in [5.41, 5.74) is 1.25. The van der Waals surface area contributed by atoms with Crippen LogP contribution in [0.4, 0.5) is 0 Å². The molecule has 1 N–H and O–H groups in total. The molecule has 1 saturated heterocycles. The lowest BCUT2D eigenvalue weighted by molar-refractivity contribution is 0.115. The molecule has 2 fully saturated rings. The van der Waals surface area contributed by atoms with Crippen molar-refractivity contribution < 1.29 is 0 Å². The predicted molar refractivity (Wildman–Crippen MR) is 86.3 cm³/mol. The lowest BCUT2D eigenvalue weighted by Gasteiger charge is -2.39. The van der Waals surface area contributed by atoms with Gasteiger partial charge >= 0.3 is 0 Å². The van der Waals surface area contributed by atoms with Crippen molar-refractivity contribution in [3.8, 4) is 0 Å². The van der Waals surface area contributed by atoms with Gasteiger partial charge in [0, 0.05) is 37.9 Å². The van der Waals surface area contributed by atoms with Gasteiger partial charge in [0.2, 0.25) is 0 Å². The molecule has 3 rings (SSSR count). The van der Waals surface area contributed by atoms with Crippen LogP contribution in [0.5, 0.6) is 0 Å². The number of hydrogen-bond acceptors (Lipinski definition) is 3. The van der Waals surface area contributed by atoms with E-state index in [1.165, 1.54) is 44.2 Å². The molecule has 0 amide bonds. The molecule has 1 saturated carbocycles. The second-order valence-corrected chi connectivity index (χ2v) is 6.73. The molecule has 1 aliphatic carbocycles. The number of nitrogens with one attached hydrogen (secondary N) is 1. The summed E-state index contributed by atoms with van der Waals surface area (Å²) in [6.45, 7) is 7.86. The molecule has 0 radical (unpaired) electrons. The molecule has 4 heteroatoms. The first-order valence-corrected chi connectivity index (χ1v) is 8.81. The summed E-state index contributed by atoms with van der Waals surface area (Å²) in [5.74, 6) is 0. The van der Waals surface area contributed by atoms with Gasteiger partial charge in [0.15, 0.2) is 0 Å². The maximum atomic E-state index is 4.86. The standard InChI is InChI=1S/C17H30N4/c1-3-14-12-20(16(4-2)11-18-14)13-15-9-10-21(19-15)17-7-5-6-8-17/h9-10,14,16-18H,3-8,11-13H2,1-2H3. The highest BCUT2D eigenvalue weighted by molar-refractivity contribution is 5.02. The van der Waals surface area contributed by atoms with E-state index in [-0.39, 0.29) is 0 Å². The largest absolute Gasteiger partial charge is 0.311 e. The molecule has 4 nitrogen and oxygen atoms in total. The van der Waals surface area contributed by atoms with E-state index in [4.69, 9.17) is 5.10 Å². The van der Waals surface area contributed by atoms with Crippen molar-refractivity contribution in [2.24, 2.45) is 0 Å². The van der Waals surface area contributed by atoms with E-state index in [9.17, 15) is 0 Å². The molecule has 2 atom stereocenters. The number of hydrogen-bond donors (Lipinski definition) is 1. The van der Waals surface area contributed by atoms with Gasteiger partial charge in [0.05, 0.1) is 11.7 Å². The van der Waals surface area contributed by atoms with Gasteiger partial charge in [-0.1, -0.05) is 26.7 Å². The van der Waals surface area contributed by atoms with Crippen LogP contribution in [0.1, 0.15) is 64.1 Å². The zero-order valence-electron chi connectivity index (χ0n) is 13.6. The Kier molecular flexibility index (Phi) is 4.96. The van der Waals surface area contributed by atoms with Crippen molar-refractivity contribution in [3.05, 3.63) is 18.0 Å². The van der Waals surface area contributed by atoms with Gasteiger partial charge in [-0.2, -0.15) is 5.10 Å². The van der Waals surface area contributed by atoms with Crippen LogP contribution >= 0.6 is 0 Å². The summed E-state index contributed by atoms with van der Waals surface area (Å²) in [7, 11) is 0. The number of rotatable bonds is 5. The second-order valence-electron chi connectivity index (χ2n) is 6.73. The first-order valence-electron chi connectivity index (χ1n) is 8.81. The molecule has 2 aliphatic rings.